The highest BCUT2D eigenvalue weighted by atomic mass is 17.1. The Morgan fingerprint density at radius 2 is 1.08 bits per heavy atom. The number of unbranched alkanes of at least 4 members (excludes halogenated alkanes) is 23. The van der Waals surface area contributed by atoms with Gasteiger partial charge in [0.05, 0.1) is 25.4 Å². The summed E-state index contributed by atoms with van der Waals surface area (Å²) in [6, 6.07) is -1.19. The Balaban J connectivity index is 2.42. The van der Waals surface area contributed by atoms with Crippen LogP contribution < -0.4 is 5.32 Å². The van der Waals surface area contributed by atoms with Gasteiger partial charge in [0.2, 0.25) is 5.91 Å². The molecule has 366 valence electrons. The lowest BCUT2D eigenvalue weighted by Crippen LogP contribution is -2.60. The van der Waals surface area contributed by atoms with Crippen LogP contribution in [0.2, 0.25) is 0 Å². The van der Waals surface area contributed by atoms with Crippen LogP contribution in [0, 0.1) is 0 Å². The van der Waals surface area contributed by atoms with Crippen molar-refractivity contribution in [2.45, 2.75) is 268 Å². The molecule has 1 heterocycles. The van der Waals surface area contributed by atoms with E-state index in [-0.39, 0.29) is 18.9 Å². The molecule has 0 aromatic carbocycles. The van der Waals surface area contributed by atoms with Gasteiger partial charge in [-0.05, 0) is 57.8 Å². The van der Waals surface area contributed by atoms with Crippen LogP contribution in [0.3, 0.4) is 0 Å². The predicted molar refractivity (Wildman–Crippen MR) is 245 cm³/mol. The van der Waals surface area contributed by atoms with E-state index in [9.17, 15) is 40.5 Å². The van der Waals surface area contributed by atoms with E-state index < -0.39 is 74.2 Å². The van der Waals surface area contributed by atoms with Gasteiger partial charge in [-0.3, -0.25) is 10.1 Å². The topological polar surface area (TPSA) is 219 Å². The van der Waals surface area contributed by atoms with Crippen molar-refractivity contribution in [3.63, 3.8) is 0 Å². The fourth-order valence-corrected chi connectivity index (χ4v) is 7.94. The number of amides is 1. The predicted octanol–water partition coefficient (Wildman–Crippen LogP) is 8.08. The van der Waals surface area contributed by atoms with E-state index in [1.165, 1.54) is 70.6 Å². The second kappa shape index (κ2) is 39.8. The molecule has 0 aromatic rings. The summed E-state index contributed by atoms with van der Waals surface area (Å²) in [4.78, 5) is 17.7. The molecule has 13 heteroatoms. The quantitative estimate of drug-likeness (QED) is 0.0123. The average Bonchev–Trinajstić information content (AvgIpc) is 3.27. The number of ether oxygens (including phenoxy) is 2. The van der Waals surface area contributed by atoms with Gasteiger partial charge in [-0.2, -0.15) is 0 Å². The number of aliphatic hydroxyl groups excluding tert-OH is 7. The third-order valence-corrected chi connectivity index (χ3v) is 12.2. The minimum absolute atomic E-state index is 0.212. The maximum absolute atomic E-state index is 13.1. The average molecular weight is 888 g/mol. The Labute approximate surface area is 375 Å². The second-order valence-corrected chi connectivity index (χ2v) is 17.8. The molecule has 10 atom stereocenters. The van der Waals surface area contributed by atoms with Gasteiger partial charge >= 0.3 is 0 Å². The van der Waals surface area contributed by atoms with Gasteiger partial charge in [0.1, 0.15) is 42.7 Å². The summed E-state index contributed by atoms with van der Waals surface area (Å²) in [5, 5.41) is 85.0. The third-order valence-electron chi connectivity index (χ3n) is 12.2. The molecule has 0 saturated carbocycles. The highest BCUT2D eigenvalue weighted by Gasteiger charge is 2.44. The number of nitrogens with one attached hydrogen (secondary N) is 1. The van der Waals surface area contributed by atoms with Crippen molar-refractivity contribution in [1.82, 2.24) is 5.32 Å². The van der Waals surface area contributed by atoms with Crippen molar-refractivity contribution in [2.75, 3.05) is 13.2 Å². The van der Waals surface area contributed by atoms with Crippen LogP contribution in [0.25, 0.3) is 0 Å². The standard InChI is InChI=1S/C49H93NO12/c1-3-5-7-9-10-11-12-13-14-17-20-23-27-31-35-41(52)44(54)40(38-60-49-47(57)46(56)45(55)43(37-51)61-49)50-48(58)42(53)36-32-28-24-21-18-15-16-19-22-26-30-34-39(62-59)33-29-25-8-6-4-2/h11-12,29,33,39-47,49,51-57,59H,3-10,13-28,30-32,34-38H2,1-2H3,(H,50,58)/b12-11-,33-29+/t39?,40-,41+,42+,43+,44-,45+,46-,47+,49+/m0/s1. The molecule has 1 unspecified atom stereocenters. The maximum atomic E-state index is 13.1. The molecule has 1 fully saturated rings. The highest BCUT2D eigenvalue weighted by Crippen LogP contribution is 2.23. The van der Waals surface area contributed by atoms with E-state index in [0.717, 1.165) is 96.3 Å². The van der Waals surface area contributed by atoms with Crippen LogP contribution in [0.4, 0.5) is 0 Å². The van der Waals surface area contributed by atoms with E-state index in [2.05, 4.69) is 42.3 Å². The van der Waals surface area contributed by atoms with E-state index in [4.69, 9.17) is 14.7 Å². The molecule has 13 nitrogen and oxygen atoms in total. The van der Waals surface area contributed by atoms with Gasteiger partial charge in [-0.1, -0.05) is 173 Å². The van der Waals surface area contributed by atoms with Crippen molar-refractivity contribution in [3.05, 3.63) is 24.3 Å². The fourth-order valence-electron chi connectivity index (χ4n) is 7.94. The van der Waals surface area contributed by atoms with Crippen molar-refractivity contribution >= 4 is 5.91 Å². The molecule has 1 rings (SSSR count). The molecule has 1 amide bonds. The van der Waals surface area contributed by atoms with Crippen LogP contribution in [0.15, 0.2) is 24.3 Å². The number of aliphatic hydroxyl groups is 7. The molecule has 0 radical (unpaired) electrons. The first kappa shape index (κ1) is 58.5. The summed E-state index contributed by atoms with van der Waals surface area (Å²) in [6.45, 7) is 3.33. The number of carbonyl (C=O) groups excluding carboxylic acids is 1. The Bertz CT molecular complexity index is 1080. The number of carbonyl (C=O) groups is 1. The first-order valence-corrected chi connectivity index (χ1v) is 25.0. The van der Waals surface area contributed by atoms with Crippen molar-refractivity contribution in [1.29, 1.82) is 0 Å². The molecule has 1 aliphatic rings. The van der Waals surface area contributed by atoms with Crippen LogP contribution in [-0.4, -0.2) is 121 Å². The molecule has 0 aliphatic carbocycles. The van der Waals surface area contributed by atoms with Crippen molar-refractivity contribution in [3.8, 4) is 0 Å². The summed E-state index contributed by atoms with van der Waals surface area (Å²) in [5.41, 5.74) is 0. The molecule has 0 bridgehead atoms. The van der Waals surface area contributed by atoms with Gasteiger partial charge in [0, 0.05) is 0 Å². The lowest BCUT2D eigenvalue weighted by atomic mass is 9.98. The minimum Gasteiger partial charge on any atom is -0.394 e. The zero-order valence-electron chi connectivity index (χ0n) is 38.9. The highest BCUT2D eigenvalue weighted by molar-refractivity contribution is 5.80. The number of hydrogen-bond donors (Lipinski definition) is 9. The third kappa shape index (κ3) is 28.4. The van der Waals surface area contributed by atoms with Crippen LogP contribution in [-0.2, 0) is 19.2 Å². The van der Waals surface area contributed by atoms with Gasteiger partial charge in [-0.15, -0.1) is 0 Å². The van der Waals surface area contributed by atoms with Crippen molar-refractivity contribution < 1.29 is 60.2 Å². The molecular formula is C49H93NO12. The fraction of sp³-hybridized carbons (Fsp3) is 0.898. The lowest BCUT2D eigenvalue weighted by molar-refractivity contribution is -0.303. The number of rotatable bonds is 42. The summed E-state index contributed by atoms with van der Waals surface area (Å²) in [6.07, 6.45) is 27.8. The van der Waals surface area contributed by atoms with Gasteiger partial charge in [0.15, 0.2) is 6.29 Å². The van der Waals surface area contributed by atoms with Gasteiger partial charge in [-0.25, -0.2) is 4.89 Å². The Hall–Kier alpha value is -1.49. The maximum Gasteiger partial charge on any atom is 0.249 e. The molecular weight excluding hydrogens is 795 g/mol. The van der Waals surface area contributed by atoms with Crippen LogP contribution in [0.5, 0.6) is 0 Å². The normalized spacial score (nSPS) is 22.0. The first-order valence-electron chi connectivity index (χ1n) is 25.0. The smallest absolute Gasteiger partial charge is 0.249 e. The van der Waals surface area contributed by atoms with Gasteiger partial charge < -0.3 is 50.5 Å². The van der Waals surface area contributed by atoms with Gasteiger partial charge in [0.25, 0.3) is 0 Å². The largest absolute Gasteiger partial charge is 0.394 e. The van der Waals surface area contributed by atoms with E-state index >= 15 is 0 Å². The monoisotopic (exact) mass is 888 g/mol. The molecule has 1 saturated heterocycles. The zero-order chi connectivity index (χ0) is 45.6. The van der Waals surface area contributed by atoms with E-state index in [1.807, 2.05) is 6.08 Å². The summed E-state index contributed by atoms with van der Waals surface area (Å²) < 4.78 is 11.1. The lowest BCUT2D eigenvalue weighted by Gasteiger charge is -2.40. The van der Waals surface area contributed by atoms with Crippen molar-refractivity contribution in [2.24, 2.45) is 0 Å². The SMILES string of the molecule is CCCCC/C=C/C(CCCCCCCCCCCCC[C@@H](O)C(=O)N[C@@H](CO[C@@H]1O[C@H](CO)[C@@H](O)[C@H](O)[C@H]1O)[C@H](O)[C@H](O)CCCCCCCC/C=C\CCCCCC)OO. The number of hydrogen-bond acceptors (Lipinski definition) is 12. The van der Waals surface area contributed by atoms with E-state index in [0.29, 0.717) is 12.8 Å². The van der Waals surface area contributed by atoms with Crippen LogP contribution in [0.1, 0.15) is 206 Å². The molecule has 0 aromatic heterocycles. The summed E-state index contributed by atoms with van der Waals surface area (Å²) in [5.74, 6) is -0.719. The second-order valence-electron chi connectivity index (χ2n) is 17.8. The molecule has 1 aliphatic heterocycles. The molecule has 0 spiro atoms. The number of allylic oxidation sites excluding steroid dienone is 3. The Kier molecular flexibility index (Phi) is 37.6. The molecule has 62 heavy (non-hydrogen) atoms. The molecule has 9 N–H and O–H groups in total. The minimum atomic E-state index is -1.67. The van der Waals surface area contributed by atoms with Crippen LogP contribution >= 0.6 is 0 Å². The summed E-state index contributed by atoms with van der Waals surface area (Å²) in [7, 11) is 0. The Morgan fingerprint density at radius 1 is 0.613 bits per heavy atom. The van der Waals surface area contributed by atoms with E-state index in [1.54, 1.807) is 0 Å². The zero-order valence-corrected chi connectivity index (χ0v) is 38.9. The Morgan fingerprint density at radius 3 is 1.63 bits per heavy atom. The summed E-state index contributed by atoms with van der Waals surface area (Å²) >= 11 is 0. The first-order chi connectivity index (χ1) is 30.1.